The SMILES string of the molecule is CC(C)CCCC(C)NC(=O)[C@@H](Cc1cccnc1)NC(=O)Nc1ccc(NS(=O)(=O)c2ccc(C(C)(C)C)cc2)cc1. The predicted octanol–water partition coefficient (Wildman–Crippen LogP) is 6.24. The molecule has 3 amide bonds. The number of hydrogen-bond donors (Lipinski definition) is 4. The Hall–Kier alpha value is -3.92. The number of anilines is 2. The van der Waals surface area contributed by atoms with Crippen LogP contribution in [-0.4, -0.2) is 37.4 Å². The first-order valence-electron chi connectivity index (χ1n) is 14.7. The summed E-state index contributed by atoms with van der Waals surface area (Å²) in [4.78, 5) is 30.4. The van der Waals surface area contributed by atoms with Crippen LogP contribution in [0.2, 0.25) is 0 Å². The van der Waals surface area contributed by atoms with E-state index in [1.54, 1.807) is 54.9 Å². The number of amides is 3. The smallest absolute Gasteiger partial charge is 0.319 e. The minimum atomic E-state index is -3.79. The number of aromatic nitrogens is 1. The van der Waals surface area contributed by atoms with Crippen molar-refractivity contribution in [1.29, 1.82) is 0 Å². The number of benzene rings is 2. The number of nitrogens with one attached hydrogen (secondary N) is 4. The summed E-state index contributed by atoms with van der Waals surface area (Å²) in [6, 6.07) is 15.4. The summed E-state index contributed by atoms with van der Waals surface area (Å²) in [5, 5.41) is 8.54. The van der Waals surface area contributed by atoms with Gasteiger partial charge in [-0.15, -0.1) is 0 Å². The lowest BCUT2D eigenvalue weighted by molar-refractivity contribution is -0.123. The van der Waals surface area contributed by atoms with Gasteiger partial charge in [0.25, 0.3) is 10.0 Å². The minimum absolute atomic E-state index is 0.0275. The summed E-state index contributed by atoms with van der Waals surface area (Å²) < 4.78 is 28.4. The van der Waals surface area contributed by atoms with E-state index in [4.69, 9.17) is 0 Å². The van der Waals surface area contributed by atoms with Crippen molar-refractivity contribution in [2.45, 2.75) is 89.6 Å². The van der Waals surface area contributed by atoms with Crippen LogP contribution in [0.15, 0.2) is 78.0 Å². The Balaban J connectivity index is 1.62. The molecule has 1 unspecified atom stereocenters. The summed E-state index contributed by atoms with van der Waals surface area (Å²) in [5.74, 6) is 0.336. The van der Waals surface area contributed by atoms with E-state index in [1.165, 1.54) is 0 Å². The highest BCUT2D eigenvalue weighted by Crippen LogP contribution is 2.24. The highest BCUT2D eigenvalue weighted by Gasteiger charge is 2.23. The van der Waals surface area contributed by atoms with E-state index in [1.807, 2.05) is 25.1 Å². The van der Waals surface area contributed by atoms with Crippen molar-refractivity contribution >= 4 is 33.3 Å². The van der Waals surface area contributed by atoms with Gasteiger partial charge in [0.05, 0.1) is 4.90 Å². The summed E-state index contributed by atoms with van der Waals surface area (Å²) in [5.41, 5.74) is 2.57. The van der Waals surface area contributed by atoms with Gasteiger partial charge in [0.1, 0.15) is 6.04 Å². The van der Waals surface area contributed by atoms with E-state index in [0.29, 0.717) is 17.3 Å². The van der Waals surface area contributed by atoms with Gasteiger partial charge in [-0.3, -0.25) is 14.5 Å². The lowest BCUT2D eigenvalue weighted by Gasteiger charge is -2.22. The molecule has 2 aromatic carbocycles. The monoisotopic (exact) mass is 607 g/mol. The van der Waals surface area contributed by atoms with Crippen molar-refractivity contribution < 1.29 is 18.0 Å². The van der Waals surface area contributed by atoms with Crippen LogP contribution in [0.1, 0.15) is 71.9 Å². The molecular weight excluding hydrogens is 562 g/mol. The van der Waals surface area contributed by atoms with E-state index in [2.05, 4.69) is 60.3 Å². The molecule has 1 heterocycles. The maximum atomic E-state index is 13.2. The van der Waals surface area contributed by atoms with Gasteiger partial charge >= 0.3 is 6.03 Å². The average Bonchev–Trinajstić information content (AvgIpc) is 2.93. The van der Waals surface area contributed by atoms with Gasteiger partial charge in [0, 0.05) is 36.2 Å². The number of pyridine rings is 1. The summed E-state index contributed by atoms with van der Waals surface area (Å²) in [6.07, 6.45) is 6.56. The molecule has 0 bridgehead atoms. The number of rotatable bonds is 13. The van der Waals surface area contributed by atoms with E-state index in [9.17, 15) is 18.0 Å². The highest BCUT2D eigenvalue weighted by atomic mass is 32.2. The van der Waals surface area contributed by atoms with Gasteiger partial charge in [-0.25, -0.2) is 13.2 Å². The van der Waals surface area contributed by atoms with E-state index >= 15 is 0 Å². The fraction of sp³-hybridized carbons (Fsp3) is 0.424. The molecule has 9 nitrogen and oxygen atoms in total. The number of carbonyl (C=O) groups is 2. The van der Waals surface area contributed by atoms with Crippen LogP contribution in [0.4, 0.5) is 16.2 Å². The van der Waals surface area contributed by atoms with Crippen molar-refractivity contribution in [2.75, 3.05) is 10.0 Å². The van der Waals surface area contributed by atoms with Crippen LogP contribution >= 0.6 is 0 Å². The lowest BCUT2D eigenvalue weighted by Crippen LogP contribution is -2.51. The average molecular weight is 608 g/mol. The Labute approximate surface area is 256 Å². The zero-order chi connectivity index (χ0) is 31.6. The Kier molecular flexibility index (Phi) is 11.7. The van der Waals surface area contributed by atoms with Crippen molar-refractivity contribution in [3.05, 3.63) is 84.2 Å². The fourth-order valence-electron chi connectivity index (χ4n) is 4.51. The molecule has 3 aromatic rings. The zero-order valence-corrected chi connectivity index (χ0v) is 26.8. The molecule has 3 rings (SSSR count). The molecular formula is C33H45N5O4S. The van der Waals surface area contributed by atoms with Crippen LogP contribution < -0.4 is 20.7 Å². The second-order valence-corrected chi connectivity index (χ2v) is 14.1. The molecule has 0 saturated carbocycles. The Morgan fingerprint density at radius 1 is 0.860 bits per heavy atom. The largest absolute Gasteiger partial charge is 0.352 e. The molecule has 0 saturated heterocycles. The first-order valence-corrected chi connectivity index (χ1v) is 16.2. The molecule has 0 aliphatic heterocycles. The molecule has 1 aromatic heterocycles. The Morgan fingerprint density at radius 2 is 1.51 bits per heavy atom. The van der Waals surface area contributed by atoms with Gasteiger partial charge in [0.2, 0.25) is 5.91 Å². The van der Waals surface area contributed by atoms with Crippen LogP contribution in [0.5, 0.6) is 0 Å². The summed E-state index contributed by atoms with van der Waals surface area (Å²) >= 11 is 0. The third-order valence-electron chi connectivity index (χ3n) is 7.02. The Bertz CT molecular complexity index is 1440. The zero-order valence-electron chi connectivity index (χ0n) is 26.0. The van der Waals surface area contributed by atoms with Crippen LogP contribution in [-0.2, 0) is 26.7 Å². The van der Waals surface area contributed by atoms with Crippen LogP contribution in [0, 0.1) is 5.92 Å². The second kappa shape index (κ2) is 15.0. The van der Waals surface area contributed by atoms with Crippen LogP contribution in [0.25, 0.3) is 0 Å². The van der Waals surface area contributed by atoms with Crippen LogP contribution in [0.3, 0.4) is 0 Å². The summed E-state index contributed by atoms with van der Waals surface area (Å²) in [6.45, 7) is 12.5. The van der Waals surface area contributed by atoms with Crippen molar-refractivity contribution in [3.63, 3.8) is 0 Å². The van der Waals surface area contributed by atoms with Crippen molar-refractivity contribution in [1.82, 2.24) is 15.6 Å². The highest BCUT2D eigenvalue weighted by molar-refractivity contribution is 7.92. The van der Waals surface area contributed by atoms with Gasteiger partial charge in [-0.1, -0.05) is 65.7 Å². The molecule has 10 heteroatoms. The predicted molar refractivity (Wildman–Crippen MR) is 173 cm³/mol. The third-order valence-corrected chi connectivity index (χ3v) is 8.41. The first kappa shape index (κ1) is 33.6. The summed E-state index contributed by atoms with van der Waals surface area (Å²) in [7, 11) is -3.79. The molecule has 2 atom stereocenters. The minimum Gasteiger partial charge on any atom is -0.352 e. The molecule has 4 N–H and O–H groups in total. The molecule has 0 fully saturated rings. The first-order chi connectivity index (χ1) is 20.2. The third kappa shape index (κ3) is 11.0. The number of carbonyl (C=O) groups excluding carboxylic acids is 2. The maximum Gasteiger partial charge on any atom is 0.319 e. The molecule has 0 aliphatic rings. The number of urea groups is 1. The number of hydrogen-bond acceptors (Lipinski definition) is 5. The molecule has 43 heavy (non-hydrogen) atoms. The van der Waals surface area contributed by atoms with Crippen molar-refractivity contribution in [3.8, 4) is 0 Å². The quantitative estimate of drug-likeness (QED) is 0.183. The molecule has 0 radical (unpaired) electrons. The van der Waals surface area contributed by atoms with Gasteiger partial charge in [-0.2, -0.15) is 0 Å². The maximum absolute atomic E-state index is 13.2. The van der Waals surface area contributed by atoms with Crippen molar-refractivity contribution in [2.24, 2.45) is 5.92 Å². The lowest BCUT2D eigenvalue weighted by atomic mass is 9.87. The number of sulfonamides is 1. The topological polar surface area (TPSA) is 129 Å². The van der Waals surface area contributed by atoms with E-state index in [0.717, 1.165) is 30.4 Å². The second-order valence-electron chi connectivity index (χ2n) is 12.4. The Morgan fingerprint density at radius 3 is 2.09 bits per heavy atom. The normalized spacial score (nSPS) is 13.2. The number of nitrogens with zero attached hydrogens (tertiary/aromatic N) is 1. The standard InChI is InChI=1S/C33H45N5O4S/c1-23(2)9-7-10-24(3)35-31(39)30(21-25-11-8-20-34-22-25)37-32(40)36-27-14-16-28(17-15-27)38-43(41,42)29-18-12-26(13-19-29)33(4,5)6/h8,11-20,22-24,30,38H,7,9-10,21H2,1-6H3,(H,35,39)(H2,36,37,40)/t24?,30-/m1/s1. The molecule has 0 aliphatic carbocycles. The molecule has 232 valence electrons. The van der Waals surface area contributed by atoms with Gasteiger partial charge < -0.3 is 16.0 Å². The fourth-order valence-corrected chi connectivity index (χ4v) is 5.57. The van der Waals surface area contributed by atoms with E-state index < -0.39 is 22.1 Å². The molecule has 0 spiro atoms. The van der Waals surface area contributed by atoms with E-state index in [-0.39, 0.29) is 28.7 Å². The van der Waals surface area contributed by atoms with Gasteiger partial charge in [-0.05, 0) is 78.3 Å². The van der Waals surface area contributed by atoms with Gasteiger partial charge in [0.15, 0.2) is 0 Å².